The molecule has 10 heteroatoms. The fraction of sp³-hybridized carbons (Fsp3) is 0.240. The van der Waals surface area contributed by atoms with Crippen LogP contribution in [0.1, 0.15) is 30.6 Å². The minimum absolute atomic E-state index is 0.0397. The molecule has 0 aliphatic carbocycles. The van der Waals surface area contributed by atoms with Crippen LogP contribution in [0.4, 0.5) is 18.9 Å². The minimum Gasteiger partial charge on any atom is -0.497 e. The molecule has 7 nitrogen and oxygen atoms in total. The summed E-state index contributed by atoms with van der Waals surface area (Å²) in [4.78, 5) is 14.3. The standard InChI is InChI=1S/C25H24F3N5O2/c1-3-30-24-32-23(29)15-21(16-5-4-6-19(13-16)34-2)33(24)17-7-9-18(10-8-17)35-20-11-12-31-22(14-20)25(26,27)28/h4-14,21H,3,15H2,1-2H3,(H2,29,30,32). The van der Waals surface area contributed by atoms with Gasteiger partial charge in [-0.15, -0.1) is 0 Å². The van der Waals surface area contributed by atoms with Crippen LogP contribution in [0.2, 0.25) is 0 Å². The summed E-state index contributed by atoms with van der Waals surface area (Å²) in [6.45, 7) is 2.42. The summed E-state index contributed by atoms with van der Waals surface area (Å²) in [5.74, 6) is 2.08. The van der Waals surface area contributed by atoms with Crippen molar-refractivity contribution >= 4 is 17.5 Å². The topological polar surface area (TPSA) is 85.3 Å². The van der Waals surface area contributed by atoms with Crippen molar-refractivity contribution in [2.75, 3.05) is 18.6 Å². The summed E-state index contributed by atoms with van der Waals surface area (Å²) >= 11 is 0. The van der Waals surface area contributed by atoms with Gasteiger partial charge in [0.05, 0.1) is 13.2 Å². The van der Waals surface area contributed by atoms with Gasteiger partial charge in [0, 0.05) is 30.9 Å². The van der Waals surface area contributed by atoms with E-state index in [4.69, 9.17) is 15.2 Å². The number of amidine groups is 1. The van der Waals surface area contributed by atoms with Crippen LogP contribution in [-0.4, -0.2) is 30.4 Å². The normalized spacial score (nSPS) is 17.3. The summed E-state index contributed by atoms with van der Waals surface area (Å²) in [5, 5.41) is 0. The summed E-state index contributed by atoms with van der Waals surface area (Å²) in [5.41, 5.74) is 6.89. The number of rotatable bonds is 6. The van der Waals surface area contributed by atoms with Gasteiger partial charge >= 0.3 is 6.18 Å². The Balaban J connectivity index is 1.66. The Morgan fingerprint density at radius 2 is 1.83 bits per heavy atom. The predicted molar refractivity (Wildman–Crippen MR) is 128 cm³/mol. The predicted octanol–water partition coefficient (Wildman–Crippen LogP) is 5.59. The lowest BCUT2D eigenvalue weighted by atomic mass is 9.99. The number of methoxy groups -OCH3 is 1. The van der Waals surface area contributed by atoms with E-state index >= 15 is 0 Å². The lowest BCUT2D eigenvalue weighted by Gasteiger charge is -2.36. The molecule has 0 saturated carbocycles. The number of hydrogen-bond donors (Lipinski definition) is 1. The van der Waals surface area contributed by atoms with E-state index in [1.165, 1.54) is 6.07 Å². The van der Waals surface area contributed by atoms with Gasteiger partial charge in [0.15, 0.2) is 0 Å². The average molecular weight is 483 g/mol. The van der Waals surface area contributed by atoms with Crippen molar-refractivity contribution in [3.63, 3.8) is 0 Å². The number of nitrogens with zero attached hydrogens (tertiary/aromatic N) is 4. The number of benzene rings is 2. The van der Waals surface area contributed by atoms with Gasteiger partial charge in [0.1, 0.15) is 28.8 Å². The van der Waals surface area contributed by atoms with Gasteiger partial charge in [-0.1, -0.05) is 12.1 Å². The number of guanidine groups is 1. The molecule has 0 radical (unpaired) electrons. The van der Waals surface area contributed by atoms with E-state index in [1.807, 2.05) is 36.1 Å². The van der Waals surface area contributed by atoms with E-state index in [-0.39, 0.29) is 11.8 Å². The third-order valence-corrected chi connectivity index (χ3v) is 5.32. The Morgan fingerprint density at radius 3 is 2.51 bits per heavy atom. The SMILES string of the molecule is CCN=C1N=C(N)CC(c2cccc(OC)c2)N1c1ccc(Oc2ccnc(C(F)(F)F)c2)cc1. The van der Waals surface area contributed by atoms with E-state index in [9.17, 15) is 13.2 Å². The van der Waals surface area contributed by atoms with Gasteiger partial charge < -0.3 is 20.1 Å². The van der Waals surface area contributed by atoms with Gasteiger partial charge in [0.2, 0.25) is 5.96 Å². The molecule has 1 atom stereocenters. The van der Waals surface area contributed by atoms with Crippen molar-refractivity contribution in [2.45, 2.75) is 25.6 Å². The number of anilines is 1. The van der Waals surface area contributed by atoms with Crippen molar-refractivity contribution in [2.24, 2.45) is 15.7 Å². The average Bonchev–Trinajstić information content (AvgIpc) is 2.84. The molecule has 2 aromatic carbocycles. The van der Waals surface area contributed by atoms with E-state index in [0.717, 1.165) is 29.3 Å². The summed E-state index contributed by atoms with van der Waals surface area (Å²) in [7, 11) is 1.61. The lowest BCUT2D eigenvalue weighted by Crippen LogP contribution is -2.41. The molecular formula is C25H24F3N5O2. The number of nitrogens with two attached hydrogens (primary N) is 1. The van der Waals surface area contributed by atoms with Crippen molar-refractivity contribution in [3.8, 4) is 17.2 Å². The zero-order valence-electron chi connectivity index (χ0n) is 19.2. The molecule has 1 unspecified atom stereocenters. The number of hydrogen-bond acceptors (Lipinski definition) is 5. The van der Waals surface area contributed by atoms with Crippen molar-refractivity contribution in [1.82, 2.24) is 4.98 Å². The van der Waals surface area contributed by atoms with Gasteiger partial charge in [-0.2, -0.15) is 13.2 Å². The number of aliphatic imine (C=N–C) groups is 2. The highest BCUT2D eigenvalue weighted by Crippen LogP contribution is 2.36. The van der Waals surface area contributed by atoms with Crippen LogP contribution in [0.25, 0.3) is 0 Å². The molecule has 0 amide bonds. The van der Waals surface area contributed by atoms with Crippen LogP contribution in [-0.2, 0) is 6.18 Å². The molecule has 4 rings (SSSR count). The number of halogens is 3. The van der Waals surface area contributed by atoms with Crippen LogP contribution in [0.3, 0.4) is 0 Å². The second-order valence-corrected chi connectivity index (χ2v) is 7.71. The fourth-order valence-electron chi connectivity index (χ4n) is 3.76. The van der Waals surface area contributed by atoms with Gasteiger partial charge in [-0.05, 0) is 55.0 Å². The molecule has 0 fully saturated rings. The maximum atomic E-state index is 13.0. The van der Waals surface area contributed by atoms with Crippen molar-refractivity contribution in [1.29, 1.82) is 0 Å². The Labute approximate surface area is 200 Å². The molecule has 35 heavy (non-hydrogen) atoms. The largest absolute Gasteiger partial charge is 0.497 e. The number of pyridine rings is 1. The highest BCUT2D eigenvalue weighted by molar-refractivity contribution is 6.07. The number of ether oxygens (including phenoxy) is 2. The van der Waals surface area contributed by atoms with E-state index in [0.29, 0.717) is 30.5 Å². The Hall–Kier alpha value is -4.08. The van der Waals surface area contributed by atoms with Crippen LogP contribution in [0.15, 0.2) is 76.8 Å². The zero-order chi connectivity index (χ0) is 25.0. The molecule has 182 valence electrons. The third-order valence-electron chi connectivity index (χ3n) is 5.32. The maximum absolute atomic E-state index is 13.0. The molecular weight excluding hydrogens is 459 g/mol. The quantitative estimate of drug-likeness (QED) is 0.494. The first-order valence-electron chi connectivity index (χ1n) is 10.9. The van der Waals surface area contributed by atoms with Gasteiger partial charge in [0.25, 0.3) is 0 Å². The van der Waals surface area contributed by atoms with Crippen LogP contribution < -0.4 is 20.1 Å². The minimum atomic E-state index is -4.55. The molecule has 0 spiro atoms. The van der Waals surface area contributed by atoms with Crippen LogP contribution in [0.5, 0.6) is 17.2 Å². The second kappa shape index (κ2) is 10.0. The van der Waals surface area contributed by atoms with Crippen molar-refractivity contribution < 1.29 is 22.6 Å². The summed E-state index contributed by atoms with van der Waals surface area (Å²) in [6.07, 6.45) is -3.01. The van der Waals surface area contributed by atoms with E-state index < -0.39 is 11.9 Å². The molecule has 2 heterocycles. The van der Waals surface area contributed by atoms with E-state index in [1.54, 1.807) is 31.4 Å². The molecule has 1 aliphatic heterocycles. The highest BCUT2D eigenvalue weighted by atomic mass is 19.4. The summed E-state index contributed by atoms with van der Waals surface area (Å²) < 4.78 is 49.9. The van der Waals surface area contributed by atoms with Crippen LogP contribution in [0, 0.1) is 0 Å². The number of aromatic nitrogens is 1. The Kier molecular flexibility index (Phi) is 6.90. The van der Waals surface area contributed by atoms with Gasteiger partial charge in [-0.3, -0.25) is 9.98 Å². The molecule has 1 aromatic heterocycles. The maximum Gasteiger partial charge on any atom is 0.433 e. The first-order valence-corrected chi connectivity index (χ1v) is 10.9. The lowest BCUT2D eigenvalue weighted by molar-refractivity contribution is -0.141. The Morgan fingerprint density at radius 1 is 1.06 bits per heavy atom. The Bertz CT molecular complexity index is 1240. The van der Waals surface area contributed by atoms with Crippen molar-refractivity contribution in [3.05, 3.63) is 78.1 Å². The number of alkyl halides is 3. The first-order chi connectivity index (χ1) is 16.8. The molecule has 0 saturated heterocycles. The van der Waals surface area contributed by atoms with Gasteiger partial charge in [-0.25, -0.2) is 4.99 Å². The monoisotopic (exact) mass is 483 g/mol. The fourth-order valence-corrected chi connectivity index (χ4v) is 3.76. The van der Waals surface area contributed by atoms with Crippen LogP contribution >= 0.6 is 0 Å². The highest BCUT2D eigenvalue weighted by Gasteiger charge is 2.33. The molecule has 0 bridgehead atoms. The third kappa shape index (κ3) is 5.53. The second-order valence-electron chi connectivity index (χ2n) is 7.71. The molecule has 1 aliphatic rings. The van der Waals surface area contributed by atoms with E-state index in [2.05, 4.69) is 15.0 Å². The summed E-state index contributed by atoms with van der Waals surface area (Å²) in [6, 6.07) is 16.7. The molecule has 2 N–H and O–H groups in total. The zero-order valence-corrected chi connectivity index (χ0v) is 19.2. The smallest absolute Gasteiger partial charge is 0.433 e. The molecule has 3 aromatic rings. The first kappa shape index (κ1) is 24.1.